The molecule has 0 aromatic carbocycles. The van der Waals surface area contributed by atoms with Gasteiger partial charge in [-0.05, 0) is 37.2 Å². The number of cyclic esters (lactones) is 1. The summed E-state index contributed by atoms with van der Waals surface area (Å²) in [4.78, 5) is 24.9. The fourth-order valence-corrected chi connectivity index (χ4v) is 5.24. The van der Waals surface area contributed by atoms with Crippen LogP contribution >= 0.6 is 0 Å². The van der Waals surface area contributed by atoms with Crippen LogP contribution in [-0.4, -0.2) is 23.0 Å². The van der Waals surface area contributed by atoms with Crippen molar-refractivity contribution in [2.45, 2.75) is 51.2 Å². The van der Waals surface area contributed by atoms with E-state index < -0.39 is 11.5 Å². The van der Waals surface area contributed by atoms with Crippen LogP contribution in [0.5, 0.6) is 0 Å². The van der Waals surface area contributed by atoms with E-state index in [1.54, 1.807) is 12.5 Å². The average molecular weight is 318 g/mol. The van der Waals surface area contributed by atoms with Crippen LogP contribution in [0.15, 0.2) is 23.0 Å². The summed E-state index contributed by atoms with van der Waals surface area (Å²) in [6.45, 7) is 2.06. The van der Waals surface area contributed by atoms with Crippen LogP contribution in [0.3, 0.4) is 0 Å². The molecule has 5 heteroatoms. The molecule has 124 valence electrons. The average Bonchev–Trinajstić information content (AvgIpc) is 3.04. The third kappa shape index (κ3) is 2.17. The minimum atomic E-state index is -0.513. The number of aliphatic hydroxyl groups is 1. The molecule has 0 radical (unpaired) electrons. The monoisotopic (exact) mass is 318 g/mol. The van der Waals surface area contributed by atoms with Crippen molar-refractivity contribution in [2.24, 2.45) is 23.2 Å². The number of aliphatic hydroxyl groups excluding tert-OH is 1. The van der Waals surface area contributed by atoms with Gasteiger partial charge in [0.15, 0.2) is 0 Å². The minimum Gasteiger partial charge on any atom is -0.472 e. The van der Waals surface area contributed by atoms with Crippen LogP contribution in [0.25, 0.3) is 0 Å². The van der Waals surface area contributed by atoms with Gasteiger partial charge in [-0.3, -0.25) is 9.59 Å². The van der Waals surface area contributed by atoms with Gasteiger partial charge in [0.05, 0.1) is 24.5 Å². The number of hydrogen-bond donors (Lipinski definition) is 1. The molecule has 6 atom stereocenters. The van der Waals surface area contributed by atoms with Gasteiger partial charge in [-0.1, -0.05) is 6.92 Å². The van der Waals surface area contributed by atoms with E-state index in [4.69, 9.17) is 9.15 Å². The van der Waals surface area contributed by atoms with E-state index in [-0.39, 0.29) is 35.6 Å². The van der Waals surface area contributed by atoms with E-state index in [2.05, 4.69) is 6.92 Å². The van der Waals surface area contributed by atoms with E-state index in [9.17, 15) is 14.7 Å². The predicted octanol–water partition coefficient (Wildman–Crippen LogP) is 2.64. The van der Waals surface area contributed by atoms with Gasteiger partial charge in [-0.25, -0.2) is 0 Å². The Morgan fingerprint density at radius 3 is 2.83 bits per heavy atom. The first kappa shape index (κ1) is 14.9. The second-order valence-corrected chi connectivity index (χ2v) is 7.53. The Kier molecular flexibility index (Phi) is 3.38. The number of ether oxygens (including phenoxy) is 1. The number of carbonyl (C=O) groups is 2. The number of fused-ring (bicyclic) bond motifs is 3. The summed E-state index contributed by atoms with van der Waals surface area (Å²) in [5.41, 5.74) is 0.437. The molecule has 3 fully saturated rings. The topological polar surface area (TPSA) is 76.7 Å². The molecule has 1 saturated heterocycles. The molecule has 0 spiro atoms. The smallest absolute Gasteiger partial charge is 0.310 e. The zero-order valence-corrected chi connectivity index (χ0v) is 13.2. The van der Waals surface area contributed by atoms with Crippen LogP contribution in [0.4, 0.5) is 0 Å². The lowest BCUT2D eigenvalue weighted by molar-refractivity contribution is -0.197. The highest BCUT2D eigenvalue weighted by atomic mass is 16.5. The lowest BCUT2D eigenvalue weighted by Crippen LogP contribution is -2.57. The molecule has 2 heterocycles. The van der Waals surface area contributed by atoms with E-state index in [1.807, 2.05) is 6.07 Å². The van der Waals surface area contributed by atoms with Crippen LogP contribution in [0, 0.1) is 23.2 Å². The zero-order valence-electron chi connectivity index (χ0n) is 13.2. The minimum absolute atomic E-state index is 0.115. The van der Waals surface area contributed by atoms with Gasteiger partial charge in [0.1, 0.15) is 11.9 Å². The van der Waals surface area contributed by atoms with Crippen molar-refractivity contribution in [3.63, 3.8) is 0 Å². The number of ketones is 1. The number of hydrogen-bond acceptors (Lipinski definition) is 5. The maximum absolute atomic E-state index is 12.6. The summed E-state index contributed by atoms with van der Waals surface area (Å²) < 4.78 is 10.8. The molecule has 1 aromatic heterocycles. The Bertz CT molecular complexity index is 621. The first-order valence-corrected chi connectivity index (χ1v) is 8.44. The fraction of sp³-hybridized carbons (Fsp3) is 0.667. The summed E-state index contributed by atoms with van der Waals surface area (Å²) in [7, 11) is 0. The van der Waals surface area contributed by atoms with Gasteiger partial charge >= 0.3 is 5.97 Å². The van der Waals surface area contributed by atoms with Crippen LogP contribution in [0.1, 0.15) is 50.7 Å². The Balaban J connectivity index is 1.71. The number of carbonyl (C=O) groups excluding carboxylic acids is 2. The van der Waals surface area contributed by atoms with Crippen molar-refractivity contribution in [3.05, 3.63) is 24.2 Å². The Morgan fingerprint density at radius 2 is 2.09 bits per heavy atom. The number of rotatable bonds is 1. The molecule has 1 N–H and O–H groups in total. The molecule has 1 aliphatic heterocycles. The van der Waals surface area contributed by atoms with Crippen LogP contribution < -0.4 is 0 Å². The highest BCUT2D eigenvalue weighted by Crippen LogP contribution is 2.59. The number of esters is 1. The Morgan fingerprint density at radius 1 is 1.26 bits per heavy atom. The summed E-state index contributed by atoms with van der Waals surface area (Å²) in [6.07, 6.45) is 5.26. The first-order chi connectivity index (χ1) is 11.0. The lowest BCUT2D eigenvalue weighted by Gasteiger charge is -2.56. The second-order valence-electron chi connectivity index (χ2n) is 7.53. The SMILES string of the molecule is C[C@@]12C[C@@H](c3ccoc3)OC(=O)[C@@H]1CC[C@@H]1C(=O)CC[C@H](O)[C@H]12. The summed E-state index contributed by atoms with van der Waals surface area (Å²) in [5.74, 6) is -0.444. The van der Waals surface area contributed by atoms with Crippen LogP contribution in [-0.2, 0) is 14.3 Å². The van der Waals surface area contributed by atoms with Gasteiger partial charge in [0.25, 0.3) is 0 Å². The molecule has 0 unspecified atom stereocenters. The fourth-order valence-electron chi connectivity index (χ4n) is 5.24. The van der Waals surface area contributed by atoms with Gasteiger partial charge in [-0.2, -0.15) is 0 Å². The quantitative estimate of drug-likeness (QED) is 0.806. The standard InChI is InChI=1S/C18H22O5/c1-18-8-15(10-6-7-22-9-10)23-17(21)12(18)3-2-11-13(19)4-5-14(20)16(11)18/h6-7,9,11-12,14-16,20H,2-5,8H2,1H3/t11-,12+,14+,15+,16+,18-/m1/s1. The largest absolute Gasteiger partial charge is 0.472 e. The molecule has 1 aromatic rings. The Hall–Kier alpha value is -1.62. The highest BCUT2D eigenvalue weighted by molar-refractivity contribution is 5.83. The molecular formula is C18H22O5. The van der Waals surface area contributed by atoms with Crippen molar-refractivity contribution in [2.75, 3.05) is 0 Å². The zero-order chi connectivity index (χ0) is 16.2. The van der Waals surface area contributed by atoms with Crippen molar-refractivity contribution in [1.29, 1.82) is 0 Å². The molecule has 5 nitrogen and oxygen atoms in total. The summed E-state index contributed by atoms with van der Waals surface area (Å²) >= 11 is 0. The maximum Gasteiger partial charge on any atom is 0.310 e. The van der Waals surface area contributed by atoms with Crippen molar-refractivity contribution in [3.8, 4) is 0 Å². The summed E-state index contributed by atoms with van der Waals surface area (Å²) in [5, 5.41) is 10.6. The third-order valence-corrected chi connectivity index (χ3v) is 6.36. The molecule has 0 bridgehead atoms. The molecule has 3 aliphatic rings. The maximum atomic E-state index is 12.6. The van der Waals surface area contributed by atoms with E-state index >= 15 is 0 Å². The van der Waals surface area contributed by atoms with E-state index in [1.165, 1.54) is 0 Å². The van der Waals surface area contributed by atoms with E-state index in [0.717, 1.165) is 5.56 Å². The molecule has 2 aliphatic carbocycles. The molecule has 23 heavy (non-hydrogen) atoms. The van der Waals surface area contributed by atoms with Crippen molar-refractivity contribution < 1.29 is 23.8 Å². The number of Topliss-reactive ketones (excluding diaryl/α,β-unsaturated/α-hetero) is 1. The van der Waals surface area contributed by atoms with Crippen LogP contribution in [0.2, 0.25) is 0 Å². The van der Waals surface area contributed by atoms with E-state index in [0.29, 0.717) is 32.1 Å². The third-order valence-electron chi connectivity index (χ3n) is 6.36. The molecule has 0 amide bonds. The van der Waals surface area contributed by atoms with Gasteiger partial charge in [0.2, 0.25) is 0 Å². The molecular weight excluding hydrogens is 296 g/mol. The number of furan rings is 1. The second kappa shape index (κ2) is 5.20. The predicted molar refractivity (Wildman–Crippen MR) is 80.2 cm³/mol. The van der Waals surface area contributed by atoms with Crippen molar-refractivity contribution in [1.82, 2.24) is 0 Å². The molecule has 2 saturated carbocycles. The normalized spacial score (nSPS) is 43.5. The first-order valence-electron chi connectivity index (χ1n) is 8.44. The van der Waals surface area contributed by atoms with Gasteiger partial charge in [0, 0.05) is 23.8 Å². The highest BCUT2D eigenvalue weighted by Gasteiger charge is 2.59. The summed E-state index contributed by atoms with van der Waals surface area (Å²) in [6, 6.07) is 1.81. The van der Waals surface area contributed by atoms with Gasteiger partial charge < -0.3 is 14.3 Å². The van der Waals surface area contributed by atoms with Crippen molar-refractivity contribution >= 4 is 11.8 Å². The molecule has 4 rings (SSSR count). The van der Waals surface area contributed by atoms with Gasteiger partial charge in [-0.15, -0.1) is 0 Å². The Labute approximate surface area is 135 Å². The lowest BCUT2D eigenvalue weighted by atomic mass is 9.50.